The summed E-state index contributed by atoms with van der Waals surface area (Å²) in [4.78, 5) is 9.13. The maximum absolute atomic E-state index is 6.30. The molecule has 2 aromatic heterocycles. The molecule has 21 heavy (non-hydrogen) atoms. The highest BCUT2D eigenvalue weighted by atomic mass is 79.9. The third-order valence-electron chi connectivity index (χ3n) is 3.16. The summed E-state index contributed by atoms with van der Waals surface area (Å²) in [5.74, 6) is 0.743. The van der Waals surface area contributed by atoms with Crippen LogP contribution in [0.15, 0.2) is 34.9 Å². The number of imidazole rings is 1. The van der Waals surface area contributed by atoms with Gasteiger partial charge in [0.25, 0.3) is 0 Å². The van der Waals surface area contributed by atoms with E-state index in [0.717, 1.165) is 32.7 Å². The molecule has 0 bridgehead atoms. The van der Waals surface area contributed by atoms with Gasteiger partial charge in [-0.1, -0.05) is 11.6 Å². The number of hydrogen-bond acceptors (Lipinski definition) is 2. The first-order valence-electron chi connectivity index (χ1n) is 6.42. The molecule has 0 aliphatic heterocycles. The van der Waals surface area contributed by atoms with Gasteiger partial charge in [-0.2, -0.15) is 0 Å². The number of alkyl halides is 1. The number of nitrogens with zero attached hydrogens (tertiary/aromatic N) is 3. The van der Waals surface area contributed by atoms with Crippen molar-refractivity contribution in [2.24, 2.45) is 0 Å². The van der Waals surface area contributed by atoms with Crippen LogP contribution < -0.4 is 0 Å². The minimum absolute atomic E-state index is 0.245. The van der Waals surface area contributed by atoms with Gasteiger partial charge >= 0.3 is 0 Å². The van der Waals surface area contributed by atoms with Crippen molar-refractivity contribution >= 4 is 50.3 Å². The third kappa shape index (κ3) is 2.68. The van der Waals surface area contributed by atoms with E-state index < -0.39 is 0 Å². The Morgan fingerprint density at radius 1 is 1.29 bits per heavy atom. The topological polar surface area (TPSA) is 30.7 Å². The van der Waals surface area contributed by atoms with Crippen LogP contribution >= 0.6 is 39.1 Å². The van der Waals surface area contributed by atoms with Gasteiger partial charge in [-0.15, -0.1) is 11.6 Å². The van der Waals surface area contributed by atoms with E-state index in [-0.39, 0.29) is 5.38 Å². The summed E-state index contributed by atoms with van der Waals surface area (Å²) in [6.07, 6.45) is 1.82. The van der Waals surface area contributed by atoms with Crippen LogP contribution in [0.25, 0.3) is 16.9 Å². The maximum Gasteiger partial charge on any atom is 0.164 e. The van der Waals surface area contributed by atoms with E-state index in [2.05, 4.69) is 25.9 Å². The number of aromatic nitrogens is 3. The number of halogens is 3. The largest absolute Gasteiger partial charge is 0.278 e. The fourth-order valence-electron chi connectivity index (χ4n) is 2.24. The molecule has 0 fully saturated rings. The fourth-order valence-corrected chi connectivity index (χ4v) is 2.98. The predicted molar refractivity (Wildman–Crippen MR) is 90.6 cm³/mol. The lowest BCUT2D eigenvalue weighted by molar-refractivity contribution is 0.874. The lowest BCUT2D eigenvalue weighted by atomic mass is 10.3. The van der Waals surface area contributed by atoms with E-state index in [0.29, 0.717) is 5.02 Å². The highest BCUT2D eigenvalue weighted by Crippen LogP contribution is 2.32. The summed E-state index contributed by atoms with van der Waals surface area (Å²) in [5.41, 5.74) is 3.53. The van der Waals surface area contributed by atoms with Crippen LogP contribution in [0.3, 0.4) is 0 Å². The van der Waals surface area contributed by atoms with Gasteiger partial charge in [0.15, 0.2) is 5.65 Å². The summed E-state index contributed by atoms with van der Waals surface area (Å²) in [7, 11) is 0. The number of hydrogen-bond donors (Lipinski definition) is 0. The molecule has 1 atom stereocenters. The Morgan fingerprint density at radius 2 is 2.05 bits per heavy atom. The molecule has 108 valence electrons. The summed E-state index contributed by atoms with van der Waals surface area (Å²) in [5, 5.41) is 0.403. The van der Waals surface area contributed by atoms with Crippen molar-refractivity contribution in [3.63, 3.8) is 0 Å². The van der Waals surface area contributed by atoms with E-state index in [1.54, 1.807) is 0 Å². The van der Waals surface area contributed by atoms with Gasteiger partial charge in [0, 0.05) is 15.7 Å². The monoisotopic (exact) mass is 383 g/mol. The van der Waals surface area contributed by atoms with E-state index in [1.165, 1.54) is 0 Å². The van der Waals surface area contributed by atoms with E-state index >= 15 is 0 Å². The maximum atomic E-state index is 6.30. The average molecular weight is 385 g/mol. The molecule has 3 aromatic rings. The van der Waals surface area contributed by atoms with Gasteiger partial charge in [0.2, 0.25) is 0 Å². The van der Waals surface area contributed by atoms with Crippen LogP contribution in [-0.4, -0.2) is 14.5 Å². The number of rotatable bonds is 2. The molecular formula is C15H12BrCl2N3. The molecule has 0 aliphatic rings. The van der Waals surface area contributed by atoms with E-state index in [4.69, 9.17) is 23.2 Å². The summed E-state index contributed by atoms with van der Waals surface area (Å²) in [6, 6.07) is 7.60. The van der Waals surface area contributed by atoms with Crippen molar-refractivity contribution in [1.29, 1.82) is 0 Å². The normalized spacial score (nSPS) is 12.8. The molecule has 0 saturated carbocycles. The zero-order chi connectivity index (χ0) is 15.1. The van der Waals surface area contributed by atoms with Crippen LogP contribution in [0.1, 0.15) is 23.7 Å². The van der Waals surface area contributed by atoms with E-state index in [9.17, 15) is 0 Å². The van der Waals surface area contributed by atoms with E-state index in [1.807, 2.05) is 48.9 Å². The SMILES string of the molecule is Cc1cnc2c(c1)nc(C(C)Cl)n2-c1cc(Cl)ccc1Br. The number of fused-ring (bicyclic) bond motifs is 1. The zero-order valence-electron chi connectivity index (χ0n) is 11.4. The first-order chi connectivity index (χ1) is 9.97. The summed E-state index contributed by atoms with van der Waals surface area (Å²) in [6.45, 7) is 3.88. The first-order valence-corrected chi connectivity index (χ1v) is 8.02. The lowest BCUT2D eigenvalue weighted by Crippen LogP contribution is -2.03. The molecule has 0 amide bonds. The Bertz CT molecular complexity index is 827. The first kappa shape index (κ1) is 14.8. The molecule has 0 N–H and O–H groups in total. The van der Waals surface area contributed by atoms with Crippen molar-refractivity contribution in [2.45, 2.75) is 19.2 Å². The molecule has 0 saturated heterocycles. The Balaban J connectivity index is 2.39. The standard InChI is InChI=1S/C15H12BrCl2N3/c1-8-5-12-15(19-7-8)21(14(20-12)9(2)17)13-6-10(18)3-4-11(13)16/h3-7,9H,1-2H3. The molecule has 0 aliphatic carbocycles. The molecular weight excluding hydrogens is 373 g/mol. The van der Waals surface area contributed by atoms with Crippen LogP contribution in [-0.2, 0) is 0 Å². The molecule has 0 radical (unpaired) electrons. The molecule has 6 heteroatoms. The molecule has 1 unspecified atom stereocenters. The highest BCUT2D eigenvalue weighted by Gasteiger charge is 2.19. The van der Waals surface area contributed by atoms with Gasteiger partial charge in [-0.25, -0.2) is 9.97 Å². The smallest absolute Gasteiger partial charge is 0.164 e. The van der Waals surface area contributed by atoms with Crippen LogP contribution in [0.2, 0.25) is 5.02 Å². The van der Waals surface area contributed by atoms with Crippen molar-refractivity contribution in [1.82, 2.24) is 14.5 Å². The molecule has 2 heterocycles. The van der Waals surface area contributed by atoms with Crippen LogP contribution in [0, 0.1) is 6.92 Å². The fraction of sp³-hybridized carbons (Fsp3) is 0.200. The Morgan fingerprint density at radius 3 is 2.76 bits per heavy atom. The summed E-state index contributed by atoms with van der Waals surface area (Å²) >= 11 is 16.0. The van der Waals surface area contributed by atoms with Crippen LogP contribution in [0.5, 0.6) is 0 Å². The number of benzene rings is 1. The second-order valence-electron chi connectivity index (χ2n) is 4.87. The van der Waals surface area contributed by atoms with Gasteiger partial charge < -0.3 is 0 Å². The van der Waals surface area contributed by atoms with Gasteiger partial charge in [-0.3, -0.25) is 4.57 Å². The molecule has 1 aromatic carbocycles. The molecule has 3 rings (SSSR count). The number of pyridine rings is 1. The van der Waals surface area contributed by atoms with Gasteiger partial charge in [0.1, 0.15) is 11.3 Å². The number of aryl methyl sites for hydroxylation is 1. The minimum atomic E-state index is -0.245. The predicted octanol–water partition coefficient (Wildman–Crippen LogP) is 5.44. The highest BCUT2D eigenvalue weighted by molar-refractivity contribution is 9.10. The zero-order valence-corrected chi connectivity index (χ0v) is 14.5. The summed E-state index contributed by atoms with van der Waals surface area (Å²) < 4.78 is 2.86. The molecule has 0 spiro atoms. The van der Waals surface area contributed by atoms with Crippen molar-refractivity contribution in [3.05, 3.63) is 51.3 Å². The van der Waals surface area contributed by atoms with Gasteiger partial charge in [-0.05, 0) is 59.6 Å². The quantitative estimate of drug-likeness (QED) is 0.550. The minimum Gasteiger partial charge on any atom is -0.278 e. The lowest BCUT2D eigenvalue weighted by Gasteiger charge is -2.12. The second kappa shape index (κ2) is 5.59. The third-order valence-corrected chi connectivity index (χ3v) is 4.27. The Kier molecular flexibility index (Phi) is 3.95. The van der Waals surface area contributed by atoms with Crippen molar-refractivity contribution in [3.8, 4) is 5.69 Å². The van der Waals surface area contributed by atoms with Gasteiger partial charge in [0.05, 0.1) is 11.1 Å². The second-order valence-corrected chi connectivity index (χ2v) is 6.82. The Hall–Kier alpha value is -1.10. The van der Waals surface area contributed by atoms with Crippen molar-refractivity contribution in [2.75, 3.05) is 0 Å². The molecule has 3 nitrogen and oxygen atoms in total. The van der Waals surface area contributed by atoms with Crippen molar-refractivity contribution < 1.29 is 0 Å². The average Bonchev–Trinajstić information content (AvgIpc) is 2.80. The van der Waals surface area contributed by atoms with Crippen LogP contribution in [0.4, 0.5) is 0 Å². The Labute approximate surface area is 141 Å².